The van der Waals surface area contributed by atoms with Crippen LogP contribution < -0.4 is 0 Å². The van der Waals surface area contributed by atoms with Crippen LogP contribution in [0.25, 0.3) is 0 Å². The Hall–Kier alpha value is -2.10. The van der Waals surface area contributed by atoms with Crippen molar-refractivity contribution in [3.05, 3.63) is 47.0 Å². The molecule has 0 heterocycles. The predicted molar refractivity (Wildman–Crippen MR) is 83.3 cm³/mol. The molecule has 1 aromatic carbocycles. The van der Waals surface area contributed by atoms with Crippen LogP contribution in [0.5, 0.6) is 0 Å². The molecule has 0 saturated carbocycles. The molecular formula is C17H23NO3. The number of benzene rings is 1. The zero-order chi connectivity index (χ0) is 16.0. The average molecular weight is 289 g/mol. The molecule has 0 aliphatic heterocycles. The summed E-state index contributed by atoms with van der Waals surface area (Å²) in [5.41, 5.74) is 3.30. The summed E-state index contributed by atoms with van der Waals surface area (Å²) in [5, 5.41) is 0. The average Bonchev–Trinajstić information content (AvgIpc) is 2.44. The summed E-state index contributed by atoms with van der Waals surface area (Å²) >= 11 is 0. The number of carbonyl (C=O) groups is 2. The number of carbonyl (C=O) groups excluding carboxylic acids is 2. The number of nitrogens with zero attached hydrogens (tertiary/aromatic N) is 1. The number of hydrogen-bond donors (Lipinski definition) is 0. The Morgan fingerprint density at radius 1 is 1.29 bits per heavy atom. The summed E-state index contributed by atoms with van der Waals surface area (Å²) in [4.78, 5) is 25.7. The number of esters is 1. The first kappa shape index (κ1) is 17.0. The van der Waals surface area contributed by atoms with E-state index in [1.807, 2.05) is 33.8 Å². The standard InChI is InChI=1S/C17H23NO3/c1-6-18(10-12(2)3)16(19)11-21-17(20)15-9-7-8-13(4)14(15)5/h7-9H,2,6,10-11H2,1,3-5H3. The van der Waals surface area contributed by atoms with E-state index < -0.39 is 5.97 Å². The molecule has 4 heteroatoms. The van der Waals surface area contributed by atoms with E-state index in [1.165, 1.54) is 0 Å². The highest BCUT2D eigenvalue weighted by atomic mass is 16.5. The van der Waals surface area contributed by atoms with Crippen molar-refractivity contribution < 1.29 is 14.3 Å². The second-order valence-corrected chi connectivity index (χ2v) is 5.19. The van der Waals surface area contributed by atoms with Crippen LogP contribution in [-0.2, 0) is 9.53 Å². The van der Waals surface area contributed by atoms with Crippen molar-refractivity contribution in [3.63, 3.8) is 0 Å². The van der Waals surface area contributed by atoms with Gasteiger partial charge in [-0.25, -0.2) is 4.79 Å². The summed E-state index contributed by atoms with van der Waals surface area (Å²) in [7, 11) is 0. The summed E-state index contributed by atoms with van der Waals surface area (Å²) in [6.45, 7) is 12.1. The van der Waals surface area contributed by atoms with E-state index in [4.69, 9.17) is 4.74 Å². The molecule has 0 unspecified atom stereocenters. The van der Waals surface area contributed by atoms with Gasteiger partial charge < -0.3 is 9.64 Å². The van der Waals surface area contributed by atoms with Crippen molar-refractivity contribution in [1.29, 1.82) is 0 Å². The molecule has 0 atom stereocenters. The Morgan fingerprint density at radius 3 is 2.52 bits per heavy atom. The minimum atomic E-state index is -0.462. The second kappa shape index (κ2) is 7.62. The van der Waals surface area contributed by atoms with Crippen LogP contribution >= 0.6 is 0 Å². The summed E-state index contributed by atoms with van der Waals surface area (Å²) in [6.07, 6.45) is 0. The maximum absolute atomic E-state index is 12.0. The fourth-order valence-electron chi connectivity index (χ4n) is 1.97. The molecule has 1 rings (SSSR count). The Bertz CT molecular complexity index is 549. The summed E-state index contributed by atoms with van der Waals surface area (Å²) in [5.74, 6) is -0.671. The molecule has 21 heavy (non-hydrogen) atoms. The zero-order valence-electron chi connectivity index (χ0n) is 13.2. The van der Waals surface area contributed by atoms with Crippen molar-refractivity contribution in [2.75, 3.05) is 19.7 Å². The maximum Gasteiger partial charge on any atom is 0.338 e. The van der Waals surface area contributed by atoms with Crippen molar-refractivity contribution >= 4 is 11.9 Å². The molecule has 1 amide bonds. The fourth-order valence-corrected chi connectivity index (χ4v) is 1.97. The SMILES string of the molecule is C=C(C)CN(CC)C(=O)COC(=O)c1cccc(C)c1C. The monoisotopic (exact) mass is 289 g/mol. The van der Waals surface area contributed by atoms with E-state index in [9.17, 15) is 9.59 Å². The molecular weight excluding hydrogens is 266 g/mol. The third-order valence-electron chi connectivity index (χ3n) is 3.35. The van der Waals surface area contributed by atoms with E-state index >= 15 is 0 Å². The van der Waals surface area contributed by atoms with Crippen LogP contribution in [0.15, 0.2) is 30.4 Å². The van der Waals surface area contributed by atoms with Crippen LogP contribution in [0.2, 0.25) is 0 Å². The highest BCUT2D eigenvalue weighted by Gasteiger charge is 2.16. The van der Waals surface area contributed by atoms with Gasteiger partial charge in [0.2, 0.25) is 0 Å². The number of hydrogen-bond acceptors (Lipinski definition) is 3. The fraction of sp³-hybridized carbons (Fsp3) is 0.412. The quantitative estimate of drug-likeness (QED) is 0.597. The summed E-state index contributed by atoms with van der Waals surface area (Å²) < 4.78 is 5.13. The minimum absolute atomic E-state index is 0.209. The molecule has 4 nitrogen and oxygen atoms in total. The Morgan fingerprint density at radius 2 is 1.95 bits per heavy atom. The van der Waals surface area contributed by atoms with Gasteiger partial charge in [0.05, 0.1) is 5.56 Å². The first-order chi connectivity index (χ1) is 9.86. The lowest BCUT2D eigenvalue weighted by Gasteiger charge is -2.20. The summed E-state index contributed by atoms with van der Waals surface area (Å²) in [6, 6.07) is 5.45. The van der Waals surface area contributed by atoms with Gasteiger partial charge in [0.15, 0.2) is 6.61 Å². The first-order valence-electron chi connectivity index (χ1n) is 7.02. The van der Waals surface area contributed by atoms with Gasteiger partial charge in [0, 0.05) is 13.1 Å². The van der Waals surface area contributed by atoms with Gasteiger partial charge >= 0.3 is 5.97 Å². The molecule has 0 aliphatic carbocycles. The third-order valence-corrected chi connectivity index (χ3v) is 3.35. The number of aryl methyl sites for hydroxylation is 1. The first-order valence-corrected chi connectivity index (χ1v) is 7.02. The molecule has 0 aliphatic rings. The molecule has 0 radical (unpaired) electrons. The highest BCUT2D eigenvalue weighted by molar-refractivity contribution is 5.93. The number of ether oxygens (including phenoxy) is 1. The molecule has 0 fully saturated rings. The van der Waals surface area contributed by atoms with E-state index in [0.29, 0.717) is 18.7 Å². The molecule has 0 bridgehead atoms. The van der Waals surface area contributed by atoms with E-state index in [-0.39, 0.29) is 12.5 Å². The van der Waals surface area contributed by atoms with Gasteiger partial charge in [-0.3, -0.25) is 4.79 Å². The normalized spacial score (nSPS) is 10.1. The Labute approximate surface area is 126 Å². The van der Waals surface area contributed by atoms with Gasteiger partial charge in [-0.1, -0.05) is 24.3 Å². The highest BCUT2D eigenvalue weighted by Crippen LogP contribution is 2.13. The smallest absolute Gasteiger partial charge is 0.338 e. The number of likely N-dealkylation sites (N-methyl/N-ethyl adjacent to an activating group) is 1. The topological polar surface area (TPSA) is 46.6 Å². The van der Waals surface area contributed by atoms with E-state index in [0.717, 1.165) is 16.7 Å². The van der Waals surface area contributed by atoms with Gasteiger partial charge in [-0.15, -0.1) is 0 Å². The van der Waals surface area contributed by atoms with E-state index in [1.54, 1.807) is 17.0 Å². The molecule has 0 saturated heterocycles. The predicted octanol–water partition coefficient (Wildman–Crippen LogP) is 2.88. The van der Waals surface area contributed by atoms with Gasteiger partial charge in [-0.05, 0) is 44.9 Å². The largest absolute Gasteiger partial charge is 0.452 e. The Kier molecular flexibility index (Phi) is 6.15. The third kappa shape index (κ3) is 4.74. The lowest BCUT2D eigenvalue weighted by Crippen LogP contribution is -2.35. The molecule has 0 aromatic heterocycles. The van der Waals surface area contributed by atoms with Crippen molar-refractivity contribution in [1.82, 2.24) is 4.90 Å². The van der Waals surface area contributed by atoms with Crippen LogP contribution in [0.3, 0.4) is 0 Å². The number of rotatable bonds is 6. The lowest BCUT2D eigenvalue weighted by atomic mass is 10.0. The lowest BCUT2D eigenvalue weighted by molar-refractivity contribution is -0.133. The Balaban J connectivity index is 2.66. The molecule has 114 valence electrons. The van der Waals surface area contributed by atoms with Gasteiger partial charge in [0.25, 0.3) is 5.91 Å². The van der Waals surface area contributed by atoms with Crippen molar-refractivity contribution in [2.45, 2.75) is 27.7 Å². The number of amides is 1. The zero-order valence-corrected chi connectivity index (χ0v) is 13.2. The molecule has 0 spiro atoms. The van der Waals surface area contributed by atoms with Gasteiger partial charge in [0.1, 0.15) is 0 Å². The van der Waals surface area contributed by atoms with Crippen LogP contribution in [0.4, 0.5) is 0 Å². The van der Waals surface area contributed by atoms with E-state index in [2.05, 4.69) is 6.58 Å². The van der Waals surface area contributed by atoms with Crippen LogP contribution in [-0.4, -0.2) is 36.5 Å². The van der Waals surface area contributed by atoms with Crippen molar-refractivity contribution in [2.24, 2.45) is 0 Å². The molecule has 1 aromatic rings. The maximum atomic E-state index is 12.0. The second-order valence-electron chi connectivity index (χ2n) is 5.19. The van der Waals surface area contributed by atoms with Crippen LogP contribution in [0, 0.1) is 13.8 Å². The van der Waals surface area contributed by atoms with Gasteiger partial charge in [-0.2, -0.15) is 0 Å². The molecule has 0 N–H and O–H groups in total. The van der Waals surface area contributed by atoms with Crippen molar-refractivity contribution in [3.8, 4) is 0 Å². The minimum Gasteiger partial charge on any atom is -0.452 e. The van der Waals surface area contributed by atoms with Crippen LogP contribution in [0.1, 0.15) is 35.3 Å².